The highest BCUT2D eigenvalue weighted by Crippen LogP contribution is 2.30. The Balaban J connectivity index is 2.03. The van der Waals surface area contributed by atoms with Crippen LogP contribution < -0.4 is 4.74 Å². The van der Waals surface area contributed by atoms with E-state index in [4.69, 9.17) is 9.84 Å². The van der Waals surface area contributed by atoms with Crippen molar-refractivity contribution in [1.82, 2.24) is 4.90 Å². The summed E-state index contributed by atoms with van der Waals surface area (Å²) in [6, 6.07) is 1.63. The van der Waals surface area contributed by atoms with Gasteiger partial charge >= 0.3 is 12.1 Å². The van der Waals surface area contributed by atoms with Crippen LogP contribution in [0.3, 0.4) is 0 Å². The third-order valence-corrected chi connectivity index (χ3v) is 4.02. The molecule has 0 aliphatic carbocycles. The van der Waals surface area contributed by atoms with E-state index < -0.39 is 24.6 Å². The van der Waals surface area contributed by atoms with E-state index in [9.17, 15) is 14.4 Å². The minimum atomic E-state index is -1.09. The molecule has 7 nitrogen and oxygen atoms in total. The largest absolute Gasteiger partial charge is 0.482 e. The van der Waals surface area contributed by atoms with Crippen molar-refractivity contribution < 1.29 is 29.0 Å². The van der Waals surface area contributed by atoms with Crippen LogP contribution in [0, 0.1) is 0 Å². The fourth-order valence-electron chi connectivity index (χ4n) is 1.89. The van der Waals surface area contributed by atoms with E-state index in [2.05, 4.69) is 4.74 Å². The van der Waals surface area contributed by atoms with Gasteiger partial charge in [-0.2, -0.15) is 0 Å². The number of cyclic esters (lactones) is 1. The molecule has 1 fully saturated rings. The van der Waals surface area contributed by atoms with E-state index in [0.29, 0.717) is 0 Å². The van der Waals surface area contributed by atoms with E-state index in [0.717, 1.165) is 34.0 Å². The zero-order valence-corrected chi connectivity index (χ0v) is 12.3. The maximum atomic E-state index is 11.8. The summed E-state index contributed by atoms with van der Waals surface area (Å²) in [5.74, 6) is -1.47. The highest BCUT2D eigenvalue weighted by molar-refractivity contribution is 7.14. The van der Waals surface area contributed by atoms with Crippen LogP contribution in [0.4, 0.5) is 4.79 Å². The molecule has 1 saturated heterocycles. The first-order chi connectivity index (χ1) is 10.0. The molecule has 1 aliphatic rings. The van der Waals surface area contributed by atoms with Crippen LogP contribution in [0.25, 0.3) is 0 Å². The summed E-state index contributed by atoms with van der Waals surface area (Å²) in [5.41, 5.74) is 0. The van der Waals surface area contributed by atoms with Crippen LogP contribution in [-0.2, 0) is 16.0 Å². The summed E-state index contributed by atoms with van der Waals surface area (Å²) < 4.78 is 9.93. The maximum Gasteiger partial charge on any atom is 0.416 e. The van der Waals surface area contributed by atoms with Gasteiger partial charge in [0.1, 0.15) is 12.4 Å². The monoisotopic (exact) mass is 313 g/mol. The second-order valence-corrected chi connectivity index (χ2v) is 5.55. The van der Waals surface area contributed by atoms with Gasteiger partial charge in [0, 0.05) is 4.88 Å². The van der Waals surface area contributed by atoms with Crippen LogP contribution >= 0.6 is 11.3 Å². The van der Waals surface area contributed by atoms with Crippen molar-refractivity contribution >= 4 is 29.3 Å². The lowest BCUT2D eigenvalue weighted by molar-refractivity contribution is -0.129. The molecule has 0 spiro atoms. The zero-order valence-electron chi connectivity index (χ0n) is 11.5. The summed E-state index contributed by atoms with van der Waals surface area (Å²) in [7, 11) is 0. The van der Waals surface area contributed by atoms with Crippen molar-refractivity contribution in [2.24, 2.45) is 0 Å². The van der Waals surface area contributed by atoms with E-state index in [1.165, 1.54) is 0 Å². The van der Waals surface area contributed by atoms with E-state index >= 15 is 0 Å². The molecule has 2 heterocycles. The molecule has 1 N–H and O–H groups in total. The summed E-state index contributed by atoms with van der Waals surface area (Å²) in [4.78, 5) is 36.1. The van der Waals surface area contributed by atoms with Gasteiger partial charge in [-0.25, -0.2) is 14.5 Å². The lowest BCUT2D eigenvalue weighted by Crippen LogP contribution is -2.35. The number of imide groups is 1. The molecule has 0 atom stereocenters. The molecular weight excluding hydrogens is 298 g/mol. The number of hydrogen-bond acceptors (Lipinski definition) is 6. The molecule has 0 unspecified atom stereocenters. The first kappa shape index (κ1) is 15.3. The fourth-order valence-corrected chi connectivity index (χ4v) is 2.93. The highest BCUT2D eigenvalue weighted by Gasteiger charge is 2.29. The third kappa shape index (κ3) is 3.52. The van der Waals surface area contributed by atoms with Gasteiger partial charge in [-0.05, 0) is 12.5 Å². The number of carboxylic acids is 1. The minimum Gasteiger partial charge on any atom is -0.482 e. The highest BCUT2D eigenvalue weighted by atomic mass is 32.1. The SMILES string of the molecule is CCCc1cc(OCC(=O)N2CCOC2=O)c(C(=O)O)s1. The van der Waals surface area contributed by atoms with Gasteiger partial charge in [0.25, 0.3) is 5.91 Å². The molecule has 0 bridgehead atoms. The molecule has 8 heteroatoms. The Morgan fingerprint density at radius 1 is 1.52 bits per heavy atom. The first-order valence-electron chi connectivity index (χ1n) is 6.48. The van der Waals surface area contributed by atoms with Crippen LogP contribution in [0.2, 0.25) is 0 Å². The number of hydrogen-bond donors (Lipinski definition) is 1. The molecule has 0 saturated carbocycles. The second-order valence-electron chi connectivity index (χ2n) is 4.41. The Hall–Kier alpha value is -2.09. The quantitative estimate of drug-likeness (QED) is 0.860. The molecule has 1 aromatic heterocycles. The Morgan fingerprint density at radius 2 is 2.29 bits per heavy atom. The predicted octanol–water partition coefficient (Wildman–Crippen LogP) is 1.76. The number of carbonyl (C=O) groups is 3. The number of carboxylic acid groups (broad SMARTS) is 1. The Bertz CT molecular complexity index is 567. The number of aromatic carboxylic acids is 1. The van der Waals surface area contributed by atoms with Crippen molar-refractivity contribution in [1.29, 1.82) is 0 Å². The predicted molar refractivity (Wildman–Crippen MR) is 73.8 cm³/mol. The summed E-state index contributed by atoms with van der Waals surface area (Å²) in [6.45, 7) is 1.96. The molecule has 21 heavy (non-hydrogen) atoms. The normalized spacial score (nSPS) is 14.1. The third-order valence-electron chi connectivity index (χ3n) is 2.85. The Kier molecular flexibility index (Phi) is 4.79. The minimum absolute atomic E-state index is 0.0650. The molecular formula is C13H15NO6S. The van der Waals surface area contributed by atoms with Crippen molar-refractivity contribution in [3.8, 4) is 5.75 Å². The van der Waals surface area contributed by atoms with Gasteiger partial charge in [-0.15, -0.1) is 11.3 Å². The van der Waals surface area contributed by atoms with Crippen molar-refractivity contribution in [2.45, 2.75) is 19.8 Å². The number of carbonyl (C=O) groups excluding carboxylic acids is 2. The molecule has 0 radical (unpaired) electrons. The first-order valence-corrected chi connectivity index (χ1v) is 7.30. The van der Waals surface area contributed by atoms with Crippen LogP contribution in [-0.4, -0.2) is 47.7 Å². The van der Waals surface area contributed by atoms with Gasteiger partial charge in [0.05, 0.1) is 6.54 Å². The summed E-state index contributed by atoms with van der Waals surface area (Å²) in [6.07, 6.45) is 0.942. The number of nitrogens with zero attached hydrogens (tertiary/aromatic N) is 1. The standard InChI is InChI=1S/C13H15NO6S/c1-2-3-8-6-9(11(21-8)12(16)17)20-7-10(15)14-4-5-19-13(14)18/h6H,2-5,7H2,1H3,(H,16,17). The van der Waals surface area contributed by atoms with E-state index in [1.807, 2.05) is 6.92 Å². The molecule has 0 aromatic carbocycles. The fraction of sp³-hybridized carbons (Fsp3) is 0.462. The van der Waals surface area contributed by atoms with Crippen molar-refractivity contribution in [3.63, 3.8) is 0 Å². The number of thiophene rings is 1. The second kappa shape index (κ2) is 6.57. The smallest absolute Gasteiger partial charge is 0.416 e. The van der Waals surface area contributed by atoms with Gasteiger partial charge in [0.15, 0.2) is 11.5 Å². The summed E-state index contributed by atoms with van der Waals surface area (Å²) >= 11 is 1.14. The number of rotatable bonds is 6. The number of aryl methyl sites for hydroxylation is 1. The van der Waals surface area contributed by atoms with Gasteiger partial charge in [-0.3, -0.25) is 4.79 Å². The lowest BCUT2D eigenvalue weighted by atomic mass is 10.3. The molecule has 114 valence electrons. The van der Waals surface area contributed by atoms with Gasteiger partial charge < -0.3 is 14.6 Å². The van der Waals surface area contributed by atoms with Crippen LogP contribution in [0.15, 0.2) is 6.07 Å². The average molecular weight is 313 g/mol. The Morgan fingerprint density at radius 3 is 2.86 bits per heavy atom. The van der Waals surface area contributed by atoms with Crippen LogP contribution in [0.5, 0.6) is 5.75 Å². The maximum absolute atomic E-state index is 11.8. The molecule has 1 aromatic rings. The van der Waals surface area contributed by atoms with Crippen molar-refractivity contribution in [2.75, 3.05) is 19.8 Å². The zero-order chi connectivity index (χ0) is 15.4. The van der Waals surface area contributed by atoms with Gasteiger partial charge in [-0.1, -0.05) is 13.3 Å². The van der Waals surface area contributed by atoms with Gasteiger partial charge in [0.2, 0.25) is 0 Å². The molecule has 2 amide bonds. The number of amides is 2. The van der Waals surface area contributed by atoms with Crippen LogP contribution in [0.1, 0.15) is 27.9 Å². The molecule has 2 rings (SSSR count). The average Bonchev–Trinajstić information content (AvgIpc) is 3.03. The number of ether oxygens (including phenoxy) is 2. The van der Waals surface area contributed by atoms with Crippen molar-refractivity contribution in [3.05, 3.63) is 15.8 Å². The topological polar surface area (TPSA) is 93.1 Å². The lowest BCUT2D eigenvalue weighted by Gasteiger charge is -2.11. The summed E-state index contributed by atoms with van der Waals surface area (Å²) in [5, 5.41) is 9.13. The van der Waals surface area contributed by atoms with E-state index in [-0.39, 0.29) is 23.8 Å². The van der Waals surface area contributed by atoms with E-state index in [1.54, 1.807) is 6.07 Å². The molecule has 1 aliphatic heterocycles. The Labute approximate surface area is 125 Å².